The molecule has 1 aliphatic rings. The van der Waals surface area contributed by atoms with Crippen LogP contribution in [0.3, 0.4) is 0 Å². The van der Waals surface area contributed by atoms with Gasteiger partial charge in [0.1, 0.15) is 5.82 Å². The zero-order chi connectivity index (χ0) is 18.5. The average Bonchev–Trinajstić information content (AvgIpc) is 3.11. The van der Waals surface area contributed by atoms with Crippen LogP contribution in [0.4, 0.5) is 4.39 Å². The van der Waals surface area contributed by atoms with Crippen molar-refractivity contribution in [3.63, 3.8) is 0 Å². The van der Waals surface area contributed by atoms with Gasteiger partial charge in [-0.05, 0) is 23.8 Å². The molecule has 2 aromatic carbocycles. The number of benzene rings is 2. The van der Waals surface area contributed by atoms with Gasteiger partial charge >= 0.3 is 0 Å². The fraction of sp³-hybridized carbons (Fsp3) is 0.300. The lowest BCUT2D eigenvalue weighted by Gasteiger charge is -2.25. The van der Waals surface area contributed by atoms with E-state index in [0.29, 0.717) is 42.2 Å². The molecule has 0 saturated carbocycles. The first-order valence-corrected chi connectivity index (χ1v) is 8.94. The minimum atomic E-state index is -0.310. The van der Waals surface area contributed by atoms with Crippen molar-refractivity contribution in [3.8, 4) is 0 Å². The lowest BCUT2D eigenvalue weighted by molar-refractivity contribution is -0.133. The molecule has 1 amide bonds. The molecular weight excluding hydrogens is 355 g/mol. The summed E-state index contributed by atoms with van der Waals surface area (Å²) in [5.74, 6) is -0.289. The van der Waals surface area contributed by atoms with E-state index in [0.717, 1.165) is 5.56 Å². The van der Waals surface area contributed by atoms with Gasteiger partial charge in [-0.25, -0.2) is 4.39 Å². The Morgan fingerprint density at radius 3 is 2.85 bits per heavy atom. The summed E-state index contributed by atoms with van der Waals surface area (Å²) in [6.07, 6.45) is 0.667. The maximum absolute atomic E-state index is 13.4. The third-order valence-corrected chi connectivity index (χ3v) is 4.66. The summed E-state index contributed by atoms with van der Waals surface area (Å²) in [4.78, 5) is 19.6. The van der Waals surface area contributed by atoms with E-state index in [2.05, 4.69) is 5.16 Å². The van der Waals surface area contributed by atoms with Crippen LogP contribution in [0.15, 0.2) is 53.7 Å². The summed E-state index contributed by atoms with van der Waals surface area (Å²) in [6.45, 7) is 2.65. The monoisotopic (exact) mass is 374 g/mol. The molecule has 0 unspecified atom stereocenters. The first-order valence-electron chi connectivity index (χ1n) is 8.56. The molecule has 136 valence electrons. The van der Waals surface area contributed by atoms with Gasteiger partial charge in [0.15, 0.2) is 6.10 Å². The van der Waals surface area contributed by atoms with E-state index in [-0.39, 0.29) is 17.8 Å². The van der Waals surface area contributed by atoms with Gasteiger partial charge in [-0.15, -0.1) is 0 Å². The topological polar surface area (TPSA) is 41.9 Å². The second kappa shape index (κ2) is 8.32. The average molecular weight is 375 g/mol. The standard InChI is InChI=1S/C20H20ClFN2O2/c1-2-20(25)24(12-15-6-3-4-9-18(15)21)13-17-11-19(23-26-17)14-7-5-8-16(22)10-14/h3-10,17H,2,11-13H2,1H3/t17-/m0/s1. The Kier molecular flexibility index (Phi) is 5.89. The fourth-order valence-corrected chi connectivity index (χ4v) is 3.12. The second-order valence-electron chi connectivity index (χ2n) is 6.20. The normalized spacial score (nSPS) is 16.1. The van der Waals surface area contributed by atoms with Crippen molar-refractivity contribution in [1.82, 2.24) is 4.90 Å². The number of nitrogens with zero attached hydrogens (tertiary/aromatic N) is 2. The maximum atomic E-state index is 13.4. The predicted molar refractivity (Wildman–Crippen MR) is 99.6 cm³/mol. The molecule has 0 aliphatic carbocycles. The van der Waals surface area contributed by atoms with Crippen molar-refractivity contribution in [2.24, 2.45) is 5.16 Å². The van der Waals surface area contributed by atoms with Crippen LogP contribution in [-0.4, -0.2) is 29.2 Å². The predicted octanol–water partition coefficient (Wildman–Crippen LogP) is 4.41. The molecule has 0 spiro atoms. The minimum Gasteiger partial charge on any atom is -0.390 e. The summed E-state index contributed by atoms with van der Waals surface area (Å²) >= 11 is 6.22. The third-order valence-electron chi connectivity index (χ3n) is 4.29. The molecule has 6 heteroatoms. The number of amides is 1. The Balaban J connectivity index is 1.67. The van der Waals surface area contributed by atoms with Crippen molar-refractivity contribution >= 4 is 23.2 Å². The number of rotatable bonds is 6. The molecular formula is C20H20ClFN2O2. The zero-order valence-corrected chi connectivity index (χ0v) is 15.2. The highest BCUT2D eigenvalue weighted by atomic mass is 35.5. The van der Waals surface area contributed by atoms with Crippen LogP contribution in [0.5, 0.6) is 0 Å². The molecule has 1 heterocycles. The summed E-state index contributed by atoms with van der Waals surface area (Å²) in [7, 11) is 0. The number of halogens is 2. The van der Waals surface area contributed by atoms with Gasteiger partial charge in [0.25, 0.3) is 0 Å². The van der Waals surface area contributed by atoms with Gasteiger partial charge in [-0.1, -0.05) is 54.0 Å². The Morgan fingerprint density at radius 1 is 1.31 bits per heavy atom. The van der Waals surface area contributed by atoms with Crippen molar-refractivity contribution < 1.29 is 14.0 Å². The summed E-state index contributed by atoms with van der Waals surface area (Å²) in [5.41, 5.74) is 2.28. The van der Waals surface area contributed by atoms with Crippen molar-refractivity contribution in [2.45, 2.75) is 32.4 Å². The molecule has 2 aromatic rings. The van der Waals surface area contributed by atoms with E-state index in [4.69, 9.17) is 16.4 Å². The lowest BCUT2D eigenvalue weighted by Crippen LogP contribution is -2.37. The van der Waals surface area contributed by atoms with Gasteiger partial charge < -0.3 is 9.74 Å². The van der Waals surface area contributed by atoms with Crippen molar-refractivity contribution in [2.75, 3.05) is 6.54 Å². The largest absolute Gasteiger partial charge is 0.390 e. The van der Waals surface area contributed by atoms with Gasteiger partial charge in [-0.2, -0.15) is 0 Å². The minimum absolute atomic E-state index is 0.0210. The lowest BCUT2D eigenvalue weighted by atomic mass is 10.0. The SMILES string of the molecule is CCC(=O)N(Cc1ccccc1Cl)C[C@@H]1CC(c2cccc(F)c2)=NO1. The van der Waals surface area contributed by atoms with E-state index in [9.17, 15) is 9.18 Å². The van der Waals surface area contributed by atoms with Gasteiger partial charge in [0.05, 0.1) is 12.3 Å². The Labute approximate surface area is 157 Å². The van der Waals surface area contributed by atoms with Crippen LogP contribution in [0, 0.1) is 5.82 Å². The quantitative estimate of drug-likeness (QED) is 0.751. The highest BCUT2D eigenvalue weighted by Gasteiger charge is 2.26. The molecule has 26 heavy (non-hydrogen) atoms. The van der Waals surface area contributed by atoms with Crippen LogP contribution in [0.1, 0.15) is 30.9 Å². The Hall–Kier alpha value is -2.40. The summed E-state index contributed by atoms with van der Waals surface area (Å²) in [5, 5.41) is 4.71. The smallest absolute Gasteiger partial charge is 0.222 e. The summed E-state index contributed by atoms with van der Waals surface area (Å²) < 4.78 is 13.4. The highest BCUT2D eigenvalue weighted by Crippen LogP contribution is 2.21. The number of oxime groups is 1. The van der Waals surface area contributed by atoms with Crippen molar-refractivity contribution in [3.05, 3.63) is 70.5 Å². The molecule has 0 bridgehead atoms. The van der Waals surface area contributed by atoms with E-state index in [1.807, 2.05) is 31.2 Å². The Morgan fingerprint density at radius 2 is 2.12 bits per heavy atom. The van der Waals surface area contributed by atoms with E-state index >= 15 is 0 Å². The second-order valence-corrected chi connectivity index (χ2v) is 6.61. The summed E-state index contributed by atoms with van der Waals surface area (Å²) in [6, 6.07) is 13.7. The third kappa shape index (κ3) is 4.41. The van der Waals surface area contributed by atoms with Crippen LogP contribution < -0.4 is 0 Å². The van der Waals surface area contributed by atoms with Crippen LogP contribution in [0.25, 0.3) is 0 Å². The van der Waals surface area contributed by atoms with Gasteiger partial charge in [-0.3, -0.25) is 4.79 Å². The van der Waals surface area contributed by atoms with Crippen LogP contribution in [-0.2, 0) is 16.2 Å². The molecule has 0 fully saturated rings. The van der Waals surface area contributed by atoms with E-state index < -0.39 is 0 Å². The number of hydrogen-bond donors (Lipinski definition) is 0. The van der Waals surface area contributed by atoms with Crippen LogP contribution in [0.2, 0.25) is 5.02 Å². The molecule has 0 saturated heterocycles. The number of carbonyl (C=O) groups is 1. The molecule has 4 nitrogen and oxygen atoms in total. The molecule has 0 N–H and O–H groups in total. The van der Waals surface area contributed by atoms with E-state index in [1.54, 1.807) is 17.0 Å². The van der Waals surface area contributed by atoms with Gasteiger partial charge in [0, 0.05) is 30.0 Å². The fourth-order valence-electron chi connectivity index (χ4n) is 2.92. The highest BCUT2D eigenvalue weighted by molar-refractivity contribution is 6.31. The first kappa shape index (κ1) is 18.4. The van der Waals surface area contributed by atoms with Crippen LogP contribution >= 0.6 is 11.6 Å². The molecule has 1 aliphatic heterocycles. The maximum Gasteiger partial charge on any atom is 0.222 e. The molecule has 0 radical (unpaired) electrons. The first-order chi connectivity index (χ1) is 12.6. The molecule has 1 atom stereocenters. The zero-order valence-electron chi connectivity index (χ0n) is 14.5. The van der Waals surface area contributed by atoms with Gasteiger partial charge in [0.2, 0.25) is 5.91 Å². The van der Waals surface area contributed by atoms with Crippen molar-refractivity contribution in [1.29, 1.82) is 0 Å². The number of carbonyl (C=O) groups excluding carboxylic acids is 1. The number of hydrogen-bond acceptors (Lipinski definition) is 3. The Bertz CT molecular complexity index is 825. The van der Waals surface area contributed by atoms with E-state index in [1.165, 1.54) is 12.1 Å². The molecule has 3 rings (SSSR count). The molecule has 0 aromatic heterocycles.